The van der Waals surface area contributed by atoms with Crippen molar-refractivity contribution in [2.45, 2.75) is 47.0 Å². The number of hydrogen-bond donors (Lipinski definition) is 0. The van der Waals surface area contributed by atoms with E-state index in [1.54, 1.807) is 0 Å². The van der Waals surface area contributed by atoms with E-state index in [-0.39, 0.29) is 0 Å². The van der Waals surface area contributed by atoms with Crippen molar-refractivity contribution >= 4 is 0 Å². The van der Waals surface area contributed by atoms with Gasteiger partial charge in [-0.05, 0) is 65.0 Å². The van der Waals surface area contributed by atoms with Crippen LogP contribution in [0.25, 0.3) is 0 Å². The minimum absolute atomic E-state index is 0.861. The van der Waals surface area contributed by atoms with Gasteiger partial charge in [-0.15, -0.1) is 0 Å². The molecule has 0 saturated heterocycles. The van der Waals surface area contributed by atoms with E-state index in [0.717, 1.165) is 5.92 Å². The van der Waals surface area contributed by atoms with Gasteiger partial charge in [-0.25, -0.2) is 0 Å². The van der Waals surface area contributed by atoms with Crippen LogP contribution in [0, 0.1) is 5.92 Å². The predicted molar refractivity (Wildman–Crippen MR) is 74.0 cm³/mol. The summed E-state index contributed by atoms with van der Waals surface area (Å²) in [7, 11) is 2.24. The van der Waals surface area contributed by atoms with Gasteiger partial charge in [0.15, 0.2) is 0 Å². The summed E-state index contributed by atoms with van der Waals surface area (Å²) < 4.78 is 0. The highest BCUT2D eigenvalue weighted by Crippen LogP contribution is 2.09. The third kappa shape index (κ3) is 8.12. The molecular formula is C14H32N2. The molecule has 0 aliphatic heterocycles. The maximum absolute atomic E-state index is 2.52. The molecule has 16 heavy (non-hydrogen) atoms. The first-order valence-electron chi connectivity index (χ1n) is 7.04. The van der Waals surface area contributed by atoms with Gasteiger partial charge in [0, 0.05) is 0 Å². The maximum atomic E-state index is 2.52. The second-order valence-corrected chi connectivity index (χ2v) is 5.01. The van der Waals surface area contributed by atoms with E-state index >= 15 is 0 Å². The van der Waals surface area contributed by atoms with E-state index in [0.29, 0.717) is 0 Å². The Balaban J connectivity index is 3.53. The molecule has 2 heteroatoms. The number of nitrogens with zero attached hydrogens (tertiary/aromatic N) is 2. The van der Waals surface area contributed by atoms with Crippen LogP contribution < -0.4 is 0 Å². The normalized spacial score (nSPS) is 13.7. The smallest absolute Gasteiger partial charge is 0.00164 e. The molecule has 0 aliphatic carbocycles. The van der Waals surface area contributed by atoms with Crippen molar-refractivity contribution in [1.82, 2.24) is 9.80 Å². The fraction of sp³-hybridized carbons (Fsp3) is 1.00. The summed E-state index contributed by atoms with van der Waals surface area (Å²) in [4.78, 5) is 4.97. The van der Waals surface area contributed by atoms with Gasteiger partial charge in [0.25, 0.3) is 0 Å². The Kier molecular flexibility index (Phi) is 10.0. The van der Waals surface area contributed by atoms with Crippen molar-refractivity contribution < 1.29 is 0 Å². The number of hydrogen-bond acceptors (Lipinski definition) is 2. The Morgan fingerprint density at radius 1 is 0.875 bits per heavy atom. The zero-order valence-corrected chi connectivity index (χ0v) is 12.1. The van der Waals surface area contributed by atoms with Crippen LogP contribution in [0.15, 0.2) is 0 Å². The molecule has 0 N–H and O–H groups in total. The predicted octanol–water partition coefficient (Wildman–Crippen LogP) is 3.09. The van der Waals surface area contributed by atoms with Gasteiger partial charge in [-0.1, -0.05) is 27.7 Å². The molecule has 0 amide bonds. The summed E-state index contributed by atoms with van der Waals surface area (Å²) in [5.74, 6) is 0.861. The van der Waals surface area contributed by atoms with E-state index in [2.05, 4.69) is 44.5 Å². The Labute approximate surface area is 103 Å². The highest BCUT2D eigenvalue weighted by atomic mass is 15.1. The lowest BCUT2D eigenvalue weighted by Gasteiger charge is -2.22. The third-order valence-electron chi connectivity index (χ3n) is 3.44. The van der Waals surface area contributed by atoms with Gasteiger partial charge < -0.3 is 9.80 Å². The Bertz CT molecular complexity index is 144. The van der Waals surface area contributed by atoms with Crippen molar-refractivity contribution in [2.24, 2.45) is 5.92 Å². The summed E-state index contributed by atoms with van der Waals surface area (Å²) in [6.07, 6.45) is 3.96. The molecule has 0 aromatic rings. The number of rotatable bonds is 10. The van der Waals surface area contributed by atoms with Crippen molar-refractivity contribution in [3.8, 4) is 0 Å². The van der Waals surface area contributed by atoms with Crippen molar-refractivity contribution in [1.29, 1.82) is 0 Å². The van der Waals surface area contributed by atoms with Gasteiger partial charge in [0.1, 0.15) is 0 Å². The topological polar surface area (TPSA) is 6.48 Å². The first kappa shape index (κ1) is 15.9. The van der Waals surface area contributed by atoms with Gasteiger partial charge in [-0.3, -0.25) is 0 Å². The SMILES string of the molecule is CCCN(C)CCC(C)CCN(CC)CC. The fourth-order valence-corrected chi connectivity index (χ4v) is 2.02. The van der Waals surface area contributed by atoms with Crippen LogP contribution >= 0.6 is 0 Å². The molecule has 0 radical (unpaired) electrons. The van der Waals surface area contributed by atoms with Crippen molar-refractivity contribution in [3.63, 3.8) is 0 Å². The zero-order chi connectivity index (χ0) is 12.4. The summed E-state index contributed by atoms with van der Waals surface area (Å²) in [6.45, 7) is 15.3. The van der Waals surface area contributed by atoms with Crippen molar-refractivity contribution in [3.05, 3.63) is 0 Å². The van der Waals surface area contributed by atoms with Crippen LogP contribution in [0.4, 0.5) is 0 Å². The summed E-state index contributed by atoms with van der Waals surface area (Å²) in [6, 6.07) is 0. The Morgan fingerprint density at radius 2 is 1.44 bits per heavy atom. The van der Waals surface area contributed by atoms with Gasteiger partial charge >= 0.3 is 0 Å². The van der Waals surface area contributed by atoms with Crippen molar-refractivity contribution in [2.75, 3.05) is 39.8 Å². The summed E-state index contributed by atoms with van der Waals surface area (Å²) in [5, 5.41) is 0. The van der Waals surface area contributed by atoms with Gasteiger partial charge in [-0.2, -0.15) is 0 Å². The molecule has 0 aromatic carbocycles. The maximum Gasteiger partial charge on any atom is -0.00164 e. The molecule has 0 saturated carbocycles. The van der Waals surface area contributed by atoms with E-state index in [4.69, 9.17) is 0 Å². The average Bonchev–Trinajstić information content (AvgIpc) is 2.28. The van der Waals surface area contributed by atoms with Crippen LogP contribution in [0.3, 0.4) is 0 Å². The van der Waals surface area contributed by atoms with Crippen LogP contribution in [0.1, 0.15) is 47.0 Å². The van der Waals surface area contributed by atoms with Gasteiger partial charge in [0.05, 0.1) is 0 Å². The highest BCUT2D eigenvalue weighted by molar-refractivity contribution is 4.61. The van der Waals surface area contributed by atoms with Gasteiger partial charge in [0.2, 0.25) is 0 Å². The Morgan fingerprint density at radius 3 is 1.94 bits per heavy atom. The largest absolute Gasteiger partial charge is 0.306 e. The van der Waals surface area contributed by atoms with E-state index < -0.39 is 0 Å². The molecule has 0 rings (SSSR count). The minimum atomic E-state index is 0.861. The summed E-state index contributed by atoms with van der Waals surface area (Å²) in [5.41, 5.74) is 0. The molecule has 0 aromatic heterocycles. The Hall–Kier alpha value is -0.0800. The molecule has 2 nitrogen and oxygen atoms in total. The molecule has 1 unspecified atom stereocenters. The van der Waals surface area contributed by atoms with E-state index in [1.807, 2.05) is 0 Å². The quantitative estimate of drug-likeness (QED) is 0.567. The molecule has 0 aliphatic rings. The van der Waals surface area contributed by atoms with Crippen LogP contribution in [-0.2, 0) is 0 Å². The second-order valence-electron chi connectivity index (χ2n) is 5.01. The lowest BCUT2D eigenvalue weighted by molar-refractivity contribution is 0.257. The van der Waals surface area contributed by atoms with Crippen LogP contribution in [0.2, 0.25) is 0 Å². The monoisotopic (exact) mass is 228 g/mol. The fourth-order valence-electron chi connectivity index (χ4n) is 2.02. The molecule has 1 atom stereocenters. The first-order chi connectivity index (χ1) is 7.63. The standard InChI is InChI=1S/C14H32N2/c1-6-11-15(5)12-9-14(4)10-13-16(7-2)8-3/h14H,6-13H2,1-5H3. The first-order valence-corrected chi connectivity index (χ1v) is 7.04. The molecule has 0 heterocycles. The molecule has 0 bridgehead atoms. The zero-order valence-electron chi connectivity index (χ0n) is 12.1. The van der Waals surface area contributed by atoms with E-state index in [9.17, 15) is 0 Å². The van der Waals surface area contributed by atoms with E-state index in [1.165, 1.54) is 52.0 Å². The van der Waals surface area contributed by atoms with Crippen LogP contribution in [-0.4, -0.2) is 49.6 Å². The minimum Gasteiger partial charge on any atom is -0.306 e. The van der Waals surface area contributed by atoms with Crippen LogP contribution in [0.5, 0.6) is 0 Å². The molecule has 0 fully saturated rings. The molecular weight excluding hydrogens is 196 g/mol. The second kappa shape index (κ2) is 10.1. The average molecular weight is 228 g/mol. The summed E-state index contributed by atoms with van der Waals surface area (Å²) >= 11 is 0. The lowest BCUT2D eigenvalue weighted by Crippen LogP contribution is -2.26. The highest BCUT2D eigenvalue weighted by Gasteiger charge is 2.06. The third-order valence-corrected chi connectivity index (χ3v) is 3.44. The molecule has 98 valence electrons. The molecule has 0 spiro atoms. The lowest BCUT2D eigenvalue weighted by atomic mass is 10.0.